The SMILES string of the molecule is C=CC/C(=C/[Si](C)(C)C)CCO[Si](C)(C)C(C)(C)C. The van der Waals surface area contributed by atoms with E-state index in [-0.39, 0.29) is 0 Å². The lowest BCUT2D eigenvalue weighted by atomic mass is 10.1. The molecule has 0 aliphatic rings. The van der Waals surface area contributed by atoms with E-state index in [0.717, 1.165) is 19.4 Å². The largest absolute Gasteiger partial charge is 0.417 e. The van der Waals surface area contributed by atoms with E-state index in [1.54, 1.807) is 0 Å². The number of hydrogen-bond donors (Lipinski definition) is 0. The Labute approximate surface area is 123 Å². The molecule has 1 nitrogen and oxygen atoms in total. The minimum absolute atomic E-state index is 0.300. The Balaban J connectivity index is 4.52. The lowest BCUT2D eigenvalue weighted by molar-refractivity contribution is 0.291. The summed E-state index contributed by atoms with van der Waals surface area (Å²) in [6, 6.07) is 0. The minimum atomic E-state index is -1.60. The normalized spacial score (nSPS) is 14.6. The van der Waals surface area contributed by atoms with Crippen LogP contribution in [0.3, 0.4) is 0 Å². The van der Waals surface area contributed by atoms with Gasteiger partial charge < -0.3 is 4.43 Å². The van der Waals surface area contributed by atoms with E-state index in [9.17, 15) is 0 Å². The summed E-state index contributed by atoms with van der Waals surface area (Å²) in [5.74, 6) is 0. The maximum atomic E-state index is 6.26. The van der Waals surface area contributed by atoms with Gasteiger partial charge in [-0.3, -0.25) is 0 Å². The number of rotatable bonds is 7. The van der Waals surface area contributed by atoms with Gasteiger partial charge in [0.25, 0.3) is 0 Å². The van der Waals surface area contributed by atoms with Gasteiger partial charge in [0, 0.05) is 6.61 Å². The summed E-state index contributed by atoms with van der Waals surface area (Å²) in [5, 5.41) is 0.300. The molecule has 0 aliphatic carbocycles. The number of hydrogen-bond acceptors (Lipinski definition) is 1. The molecule has 0 rings (SSSR count). The van der Waals surface area contributed by atoms with E-state index in [0.29, 0.717) is 5.04 Å². The molecule has 0 aliphatic heterocycles. The lowest BCUT2D eigenvalue weighted by Gasteiger charge is -2.36. The van der Waals surface area contributed by atoms with Crippen LogP contribution in [0.5, 0.6) is 0 Å². The van der Waals surface area contributed by atoms with E-state index in [4.69, 9.17) is 4.43 Å². The zero-order valence-corrected chi connectivity index (χ0v) is 16.4. The smallest absolute Gasteiger partial charge is 0.191 e. The fourth-order valence-electron chi connectivity index (χ4n) is 1.68. The average molecular weight is 299 g/mol. The first-order chi connectivity index (χ1) is 8.39. The Kier molecular flexibility index (Phi) is 7.00. The highest BCUT2D eigenvalue weighted by molar-refractivity contribution is 6.81. The van der Waals surface area contributed by atoms with Gasteiger partial charge in [0.15, 0.2) is 8.32 Å². The highest BCUT2D eigenvalue weighted by atomic mass is 28.4. The summed E-state index contributed by atoms with van der Waals surface area (Å²) < 4.78 is 6.26. The molecule has 0 aromatic heterocycles. The fraction of sp³-hybridized carbons (Fsp3) is 0.750. The van der Waals surface area contributed by atoms with Crippen LogP contribution in [0.25, 0.3) is 0 Å². The Morgan fingerprint density at radius 3 is 2.00 bits per heavy atom. The molecule has 0 aromatic rings. The Morgan fingerprint density at radius 1 is 1.11 bits per heavy atom. The summed E-state index contributed by atoms with van der Waals surface area (Å²) in [5.41, 5.74) is 4.01. The van der Waals surface area contributed by atoms with Crippen molar-refractivity contribution in [3.63, 3.8) is 0 Å². The second-order valence-corrected chi connectivity index (χ2v) is 17.9. The average Bonchev–Trinajstić information content (AvgIpc) is 2.13. The first kappa shape index (κ1) is 18.9. The summed E-state index contributed by atoms with van der Waals surface area (Å²) in [4.78, 5) is 0. The molecule has 0 N–H and O–H groups in total. The van der Waals surface area contributed by atoms with Crippen molar-refractivity contribution >= 4 is 16.4 Å². The Bertz CT molecular complexity index is 317. The van der Waals surface area contributed by atoms with Gasteiger partial charge in [0.05, 0.1) is 8.07 Å². The second kappa shape index (κ2) is 7.05. The molecule has 0 fully saturated rings. The van der Waals surface area contributed by atoms with Gasteiger partial charge in [-0.15, -0.1) is 6.58 Å². The summed E-state index contributed by atoms with van der Waals surface area (Å²) in [6.45, 7) is 23.4. The molecule has 0 saturated heterocycles. The fourth-order valence-corrected chi connectivity index (χ4v) is 4.22. The molecule has 3 heteroatoms. The van der Waals surface area contributed by atoms with Crippen LogP contribution in [-0.4, -0.2) is 23.0 Å². The van der Waals surface area contributed by atoms with Crippen LogP contribution in [0.15, 0.2) is 23.9 Å². The van der Waals surface area contributed by atoms with Crippen molar-refractivity contribution in [3.05, 3.63) is 23.9 Å². The quantitative estimate of drug-likeness (QED) is 0.428. The van der Waals surface area contributed by atoms with Crippen LogP contribution in [0, 0.1) is 0 Å². The van der Waals surface area contributed by atoms with E-state index in [2.05, 4.69) is 65.8 Å². The molecule has 0 aromatic carbocycles. The predicted octanol–water partition coefficient (Wildman–Crippen LogP) is 5.78. The zero-order valence-electron chi connectivity index (χ0n) is 14.4. The third-order valence-corrected chi connectivity index (χ3v) is 9.55. The molecule has 0 radical (unpaired) electrons. The van der Waals surface area contributed by atoms with Crippen LogP contribution in [0.2, 0.25) is 37.8 Å². The maximum absolute atomic E-state index is 6.26. The molecule has 112 valence electrons. The lowest BCUT2D eigenvalue weighted by Crippen LogP contribution is -2.41. The molecule has 0 saturated carbocycles. The van der Waals surface area contributed by atoms with Gasteiger partial charge in [0.2, 0.25) is 0 Å². The van der Waals surface area contributed by atoms with Gasteiger partial charge in [-0.2, -0.15) is 0 Å². The molecule has 0 atom stereocenters. The van der Waals surface area contributed by atoms with Gasteiger partial charge in [-0.25, -0.2) is 0 Å². The molecule has 0 bridgehead atoms. The summed E-state index contributed by atoms with van der Waals surface area (Å²) in [6.07, 6.45) is 4.08. The zero-order chi connectivity index (χ0) is 15.3. The van der Waals surface area contributed by atoms with Crippen molar-refractivity contribution in [2.45, 2.75) is 71.4 Å². The summed E-state index contributed by atoms with van der Waals surface area (Å²) in [7, 11) is -2.74. The van der Waals surface area contributed by atoms with E-state index in [1.807, 2.05) is 6.08 Å². The monoisotopic (exact) mass is 298 g/mol. The standard InChI is InChI=1S/C16H34OSi2/c1-10-11-15(14-18(5,6)7)12-13-17-19(8,9)16(2,3)4/h10,14H,1,11-13H2,2-9H3/b15-14-. The molecule has 0 spiro atoms. The molecular formula is C16H34OSi2. The second-order valence-electron chi connectivity index (χ2n) is 8.02. The molecule has 0 unspecified atom stereocenters. The third kappa shape index (κ3) is 7.90. The molecule has 0 amide bonds. The Hall–Kier alpha value is -0.126. The topological polar surface area (TPSA) is 9.23 Å². The Morgan fingerprint density at radius 2 is 1.63 bits per heavy atom. The van der Waals surface area contributed by atoms with Gasteiger partial charge in [-0.05, 0) is 31.0 Å². The van der Waals surface area contributed by atoms with E-state index < -0.39 is 16.4 Å². The van der Waals surface area contributed by atoms with Crippen LogP contribution in [0.4, 0.5) is 0 Å². The molecule has 19 heavy (non-hydrogen) atoms. The van der Waals surface area contributed by atoms with Gasteiger partial charge in [0.1, 0.15) is 0 Å². The van der Waals surface area contributed by atoms with Crippen LogP contribution in [0.1, 0.15) is 33.6 Å². The van der Waals surface area contributed by atoms with Gasteiger partial charge >= 0.3 is 0 Å². The first-order valence-corrected chi connectivity index (χ1v) is 13.8. The predicted molar refractivity (Wildman–Crippen MR) is 94.0 cm³/mol. The van der Waals surface area contributed by atoms with Crippen LogP contribution >= 0.6 is 0 Å². The van der Waals surface area contributed by atoms with Crippen molar-refractivity contribution < 1.29 is 4.43 Å². The van der Waals surface area contributed by atoms with Crippen molar-refractivity contribution in [1.29, 1.82) is 0 Å². The molecule has 0 heterocycles. The van der Waals surface area contributed by atoms with E-state index in [1.165, 1.54) is 5.57 Å². The highest BCUT2D eigenvalue weighted by Gasteiger charge is 2.36. The summed E-state index contributed by atoms with van der Waals surface area (Å²) >= 11 is 0. The van der Waals surface area contributed by atoms with E-state index >= 15 is 0 Å². The third-order valence-electron chi connectivity index (χ3n) is 3.74. The van der Waals surface area contributed by atoms with Crippen molar-refractivity contribution in [3.8, 4) is 0 Å². The van der Waals surface area contributed by atoms with Crippen LogP contribution in [-0.2, 0) is 4.43 Å². The maximum Gasteiger partial charge on any atom is 0.191 e. The first-order valence-electron chi connectivity index (χ1n) is 7.34. The van der Waals surface area contributed by atoms with Crippen molar-refractivity contribution in [2.24, 2.45) is 0 Å². The highest BCUT2D eigenvalue weighted by Crippen LogP contribution is 2.36. The van der Waals surface area contributed by atoms with Crippen molar-refractivity contribution in [2.75, 3.05) is 6.61 Å². The molecular weight excluding hydrogens is 264 g/mol. The number of allylic oxidation sites excluding steroid dienone is 1. The van der Waals surface area contributed by atoms with Crippen molar-refractivity contribution in [1.82, 2.24) is 0 Å². The van der Waals surface area contributed by atoms with Crippen LogP contribution < -0.4 is 0 Å². The minimum Gasteiger partial charge on any atom is -0.417 e. The van der Waals surface area contributed by atoms with Gasteiger partial charge in [-0.1, -0.05) is 57.8 Å².